The van der Waals surface area contributed by atoms with E-state index in [1.807, 2.05) is 26.8 Å². The number of aromatic amines is 1. The summed E-state index contributed by atoms with van der Waals surface area (Å²) in [7, 11) is 0. The van der Waals surface area contributed by atoms with Crippen molar-refractivity contribution in [1.82, 2.24) is 14.9 Å². The highest BCUT2D eigenvalue weighted by molar-refractivity contribution is 5.92. The number of rotatable bonds is 5. The van der Waals surface area contributed by atoms with E-state index < -0.39 is 0 Å². The molecule has 0 aliphatic heterocycles. The molecule has 0 fully saturated rings. The van der Waals surface area contributed by atoms with Crippen molar-refractivity contribution in [3.05, 3.63) is 52.6 Å². The fourth-order valence-electron chi connectivity index (χ4n) is 1.94. The van der Waals surface area contributed by atoms with Crippen LogP contribution in [0.25, 0.3) is 0 Å². The van der Waals surface area contributed by atoms with E-state index in [0.29, 0.717) is 12.3 Å². The fraction of sp³-hybridized carbons (Fsp3) is 0.400. The Hall–Kier alpha value is -2.37. The standard InChI is InChI=1S/C15H19N3O3/c1-10(2)11(3)18(9-12-5-4-6-21-12)15(20)13-7-17-14(19)8-16-13/h4-8,10-11H,9H2,1-3H3,(H,17,19)/t11-/m0/s1. The van der Waals surface area contributed by atoms with Gasteiger partial charge >= 0.3 is 0 Å². The summed E-state index contributed by atoms with van der Waals surface area (Å²) in [6.07, 6.45) is 4.03. The predicted octanol–water partition coefficient (Wildman–Crippen LogP) is 2.05. The van der Waals surface area contributed by atoms with Gasteiger partial charge in [0.2, 0.25) is 0 Å². The van der Waals surface area contributed by atoms with Gasteiger partial charge in [0.1, 0.15) is 11.5 Å². The molecule has 6 nitrogen and oxygen atoms in total. The molecule has 21 heavy (non-hydrogen) atoms. The molecule has 2 heterocycles. The summed E-state index contributed by atoms with van der Waals surface area (Å²) >= 11 is 0. The number of amides is 1. The second-order valence-electron chi connectivity index (χ2n) is 5.29. The first kappa shape index (κ1) is 15.0. The third kappa shape index (κ3) is 3.59. The summed E-state index contributed by atoms with van der Waals surface area (Å²) in [6, 6.07) is 3.63. The van der Waals surface area contributed by atoms with Crippen LogP contribution < -0.4 is 5.56 Å². The second-order valence-corrected chi connectivity index (χ2v) is 5.29. The molecule has 0 unspecified atom stereocenters. The van der Waals surface area contributed by atoms with Gasteiger partial charge < -0.3 is 14.3 Å². The summed E-state index contributed by atoms with van der Waals surface area (Å²) in [6.45, 7) is 6.45. The zero-order chi connectivity index (χ0) is 15.4. The van der Waals surface area contributed by atoms with Gasteiger partial charge in [-0.25, -0.2) is 4.98 Å². The number of carbonyl (C=O) groups excluding carboxylic acids is 1. The highest BCUT2D eigenvalue weighted by atomic mass is 16.3. The summed E-state index contributed by atoms with van der Waals surface area (Å²) in [5.74, 6) is 0.760. The zero-order valence-electron chi connectivity index (χ0n) is 12.4. The molecule has 0 aliphatic rings. The van der Waals surface area contributed by atoms with E-state index in [4.69, 9.17) is 4.42 Å². The second kappa shape index (κ2) is 6.39. The van der Waals surface area contributed by atoms with Crippen LogP contribution in [0, 0.1) is 5.92 Å². The average Bonchev–Trinajstić information content (AvgIpc) is 2.97. The lowest BCUT2D eigenvalue weighted by atomic mass is 10.0. The molecular formula is C15H19N3O3. The first-order valence-corrected chi connectivity index (χ1v) is 6.87. The Balaban J connectivity index is 2.27. The lowest BCUT2D eigenvalue weighted by Crippen LogP contribution is -2.41. The highest BCUT2D eigenvalue weighted by Gasteiger charge is 2.25. The van der Waals surface area contributed by atoms with Gasteiger partial charge in [-0.1, -0.05) is 13.8 Å². The predicted molar refractivity (Wildman–Crippen MR) is 77.7 cm³/mol. The molecule has 2 aromatic rings. The Kier molecular flexibility index (Phi) is 4.57. The van der Waals surface area contributed by atoms with Crippen LogP contribution in [-0.2, 0) is 6.54 Å². The number of hydrogen-bond acceptors (Lipinski definition) is 4. The molecule has 1 amide bonds. The molecule has 0 radical (unpaired) electrons. The quantitative estimate of drug-likeness (QED) is 0.913. The Labute approximate surface area is 122 Å². The topological polar surface area (TPSA) is 79.2 Å². The van der Waals surface area contributed by atoms with Gasteiger partial charge in [-0.15, -0.1) is 0 Å². The van der Waals surface area contributed by atoms with Crippen molar-refractivity contribution >= 4 is 5.91 Å². The van der Waals surface area contributed by atoms with Crippen molar-refractivity contribution in [3.8, 4) is 0 Å². The van der Waals surface area contributed by atoms with E-state index in [9.17, 15) is 9.59 Å². The maximum absolute atomic E-state index is 12.6. The third-order valence-electron chi connectivity index (χ3n) is 3.51. The lowest BCUT2D eigenvalue weighted by Gasteiger charge is -2.30. The molecule has 112 valence electrons. The van der Waals surface area contributed by atoms with Gasteiger partial charge in [0.15, 0.2) is 0 Å². The Morgan fingerprint density at radius 3 is 2.71 bits per heavy atom. The molecule has 0 saturated carbocycles. The Morgan fingerprint density at radius 2 is 2.19 bits per heavy atom. The number of hydrogen-bond donors (Lipinski definition) is 1. The molecule has 2 rings (SSSR count). The molecule has 2 aromatic heterocycles. The van der Waals surface area contributed by atoms with E-state index in [1.165, 1.54) is 6.20 Å². The zero-order valence-corrected chi connectivity index (χ0v) is 12.4. The first-order valence-electron chi connectivity index (χ1n) is 6.87. The van der Waals surface area contributed by atoms with Crippen LogP contribution in [0.5, 0.6) is 0 Å². The van der Waals surface area contributed by atoms with E-state index in [2.05, 4.69) is 9.97 Å². The molecule has 6 heteroatoms. The van der Waals surface area contributed by atoms with Crippen molar-refractivity contribution in [3.63, 3.8) is 0 Å². The largest absolute Gasteiger partial charge is 0.467 e. The minimum absolute atomic E-state index is 0.0105. The van der Waals surface area contributed by atoms with Crippen molar-refractivity contribution in [1.29, 1.82) is 0 Å². The highest BCUT2D eigenvalue weighted by Crippen LogP contribution is 2.17. The molecule has 0 spiro atoms. The van der Waals surface area contributed by atoms with E-state index in [0.717, 1.165) is 6.20 Å². The minimum Gasteiger partial charge on any atom is -0.467 e. The van der Waals surface area contributed by atoms with Gasteiger partial charge in [-0.05, 0) is 25.0 Å². The normalized spacial score (nSPS) is 12.4. The average molecular weight is 289 g/mol. The molecular weight excluding hydrogens is 270 g/mol. The van der Waals surface area contributed by atoms with Crippen LogP contribution in [0.15, 0.2) is 40.0 Å². The molecule has 0 aliphatic carbocycles. The summed E-state index contributed by atoms with van der Waals surface area (Å²) in [5, 5.41) is 0. The number of carbonyl (C=O) groups is 1. The van der Waals surface area contributed by atoms with Crippen LogP contribution in [0.1, 0.15) is 37.0 Å². The van der Waals surface area contributed by atoms with Gasteiger partial charge in [-0.3, -0.25) is 9.59 Å². The minimum atomic E-state index is -0.332. The SMILES string of the molecule is CC(C)[C@H](C)N(Cc1ccco1)C(=O)c1c[nH]c(=O)cn1. The monoisotopic (exact) mass is 289 g/mol. The van der Waals surface area contributed by atoms with Gasteiger partial charge in [0.25, 0.3) is 11.5 Å². The molecule has 1 N–H and O–H groups in total. The van der Waals surface area contributed by atoms with Crippen LogP contribution in [0.4, 0.5) is 0 Å². The van der Waals surface area contributed by atoms with Crippen molar-refractivity contribution in [2.45, 2.75) is 33.4 Å². The van der Waals surface area contributed by atoms with Crippen molar-refractivity contribution in [2.24, 2.45) is 5.92 Å². The summed E-state index contributed by atoms with van der Waals surface area (Å²) in [5.41, 5.74) is -0.116. The molecule has 0 saturated heterocycles. The van der Waals surface area contributed by atoms with Crippen molar-refractivity contribution < 1.29 is 9.21 Å². The van der Waals surface area contributed by atoms with E-state index >= 15 is 0 Å². The van der Waals surface area contributed by atoms with E-state index in [1.54, 1.807) is 17.2 Å². The number of nitrogens with one attached hydrogen (secondary N) is 1. The van der Waals surface area contributed by atoms with Crippen molar-refractivity contribution in [2.75, 3.05) is 0 Å². The summed E-state index contributed by atoms with van der Waals surface area (Å²) in [4.78, 5) is 31.8. The lowest BCUT2D eigenvalue weighted by molar-refractivity contribution is 0.0604. The smallest absolute Gasteiger partial charge is 0.274 e. The summed E-state index contributed by atoms with van der Waals surface area (Å²) < 4.78 is 5.33. The van der Waals surface area contributed by atoms with Gasteiger partial charge in [0.05, 0.1) is 19.0 Å². The number of aromatic nitrogens is 2. The maximum Gasteiger partial charge on any atom is 0.274 e. The van der Waals surface area contributed by atoms with Crippen LogP contribution >= 0.6 is 0 Å². The number of nitrogens with zero attached hydrogens (tertiary/aromatic N) is 2. The van der Waals surface area contributed by atoms with Gasteiger partial charge in [-0.2, -0.15) is 0 Å². The molecule has 1 atom stereocenters. The first-order chi connectivity index (χ1) is 9.99. The third-order valence-corrected chi connectivity index (χ3v) is 3.51. The van der Waals surface area contributed by atoms with E-state index in [-0.39, 0.29) is 29.1 Å². The van der Waals surface area contributed by atoms with Gasteiger partial charge in [0, 0.05) is 12.2 Å². The molecule has 0 aromatic carbocycles. The Morgan fingerprint density at radius 1 is 1.43 bits per heavy atom. The Bertz CT molecular complexity index is 626. The molecule has 0 bridgehead atoms. The van der Waals surface area contributed by atoms with Crippen LogP contribution in [0.3, 0.4) is 0 Å². The van der Waals surface area contributed by atoms with Crippen LogP contribution in [-0.4, -0.2) is 26.8 Å². The fourth-order valence-corrected chi connectivity index (χ4v) is 1.94. The maximum atomic E-state index is 12.6. The number of furan rings is 1. The van der Waals surface area contributed by atoms with Crippen LogP contribution in [0.2, 0.25) is 0 Å². The number of H-pyrrole nitrogens is 1.